The second kappa shape index (κ2) is 5.47. The van der Waals surface area contributed by atoms with Gasteiger partial charge in [0, 0.05) is 6.54 Å². The zero-order valence-corrected chi connectivity index (χ0v) is 10.4. The third-order valence-electron chi connectivity index (χ3n) is 2.21. The first-order chi connectivity index (χ1) is 7.47. The van der Waals surface area contributed by atoms with Crippen molar-refractivity contribution in [3.05, 3.63) is 17.6 Å². The fourth-order valence-electron chi connectivity index (χ4n) is 1.43. The summed E-state index contributed by atoms with van der Waals surface area (Å²) in [7, 11) is -3.44. The quantitative estimate of drug-likeness (QED) is 0.731. The molecule has 0 fully saturated rings. The Morgan fingerprint density at radius 3 is 2.56 bits per heavy atom. The van der Waals surface area contributed by atoms with Crippen molar-refractivity contribution in [3.8, 4) is 0 Å². The van der Waals surface area contributed by atoms with Gasteiger partial charge in [-0.1, -0.05) is 0 Å². The first-order valence-electron chi connectivity index (χ1n) is 5.24. The smallest absolute Gasteiger partial charge is 0.244 e. The van der Waals surface area contributed by atoms with E-state index in [1.165, 1.54) is 6.07 Å². The van der Waals surface area contributed by atoms with E-state index in [4.69, 9.17) is 10.2 Å². The van der Waals surface area contributed by atoms with Crippen molar-refractivity contribution in [1.29, 1.82) is 0 Å². The van der Waals surface area contributed by atoms with Crippen LogP contribution in [0.25, 0.3) is 0 Å². The molecule has 0 saturated heterocycles. The zero-order chi connectivity index (χ0) is 12.2. The maximum absolute atomic E-state index is 11.8. The summed E-state index contributed by atoms with van der Waals surface area (Å²) >= 11 is 0. The van der Waals surface area contributed by atoms with Gasteiger partial charge >= 0.3 is 0 Å². The highest BCUT2D eigenvalue weighted by atomic mass is 32.2. The number of nitrogens with one attached hydrogen (secondary N) is 1. The van der Waals surface area contributed by atoms with Crippen molar-refractivity contribution in [3.63, 3.8) is 0 Å². The Balaban J connectivity index is 2.67. The molecule has 1 aromatic heterocycles. The first kappa shape index (κ1) is 13.2. The van der Waals surface area contributed by atoms with Crippen LogP contribution in [0.15, 0.2) is 15.4 Å². The normalized spacial score (nSPS) is 11.9. The number of aryl methyl sites for hydroxylation is 2. The molecule has 1 heterocycles. The van der Waals surface area contributed by atoms with E-state index in [0.717, 1.165) is 12.8 Å². The molecule has 0 amide bonds. The molecular weight excluding hydrogens is 228 g/mol. The lowest BCUT2D eigenvalue weighted by molar-refractivity contribution is 0.495. The third-order valence-corrected chi connectivity index (χ3v) is 3.78. The molecule has 16 heavy (non-hydrogen) atoms. The highest BCUT2D eigenvalue weighted by Gasteiger charge is 2.19. The molecular formula is C10H18N2O3S. The first-order valence-corrected chi connectivity index (χ1v) is 6.72. The molecule has 1 aromatic rings. The molecule has 92 valence electrons. The van der Waals surface area contributed by atoms with E-state index >= 15 is 0 Å². The van der Waals surface area contributed by atoms with Gasteiger partial charge in [-0.2, -0.15) is 0 Å². The number of furan rings is 1. The predicted molar refractivity (Wildman–Crippen MR) is 61.7 cm³/mol. The molecule has 0 unspecified atom stereocenters. The van der Waals surface area contributed by atoms with Crippen LogP contribution in [0.2, 0.25) is 0 Å². The minimum Gasteiger partial charge on any atom is -0.465 e. The van der Waals surface area contributed by atoms with Crippen molar-refractivity contribution < 1.29 is 12.8 Å². The van der Waals surface area contributed by atoms with E-state index in [1.807, 2.05) is 0 Å². The number of nitrogens with two attached hydrogens (primary N) is 1. The van der Waals surface area contributed by atoms with Crippen molar-refractivity contribution >= 4 is 10.0 Å². The highest BCUT2D eigenvalue weighted by Crippen LogP contribution is 2.18. The van der Waals surface area contributed by atoms with E-state index in [0.29, 0.717) is 24.6 Å². The second-order valence-corrected chi connectivity index (χ2v) is 5.41. The average Bonchev–Trinajstić information content (AvgIpc) is 2.53. The number of hydrogen-bond donors (Lipinski definition) is 2. The standard InChI is InChI=1S/C10H18N2O3S/c1-8-7-10(9(2)15-8)16(13,14)12-6-4-3-5-11/h7,12H,3-6,11H2,1-2H3. The van der Waals surface area contributed by atoms with Crippen molar-refractivity contribution in [2.24, 2.45) is 5.73 Å². The SMILES string of the molecule is Cc1cc(S(=O)(=O)NCCCCN)c(C)o1. The monoisotopic (exact) mass is 246 g/mol. The van der Waals surface area contributed by atoms with Gasteiger partial charge in [0.25, 0.3) is 0 Å². The zero-order valence-electron chi connectivity index (χ0n) is 9.62. The van der Waals surface area contributed by atoms with Gasteiger partial charge in [0.15, 0.2) is 0 Å². The molecule has 0 spiro atoms. The van der Waals surface area contributed by atoms with Crippen LogP contribution in [-0.4, -0.2) is 21.5 Å². The number of unbranched alkanes of at least 4 members (excludes halogenated alkanes) is 1. The van der Waals surface area contributed by atoms with Crippen LogP contribution in [0.5, 0.6) is 0 Å². The maximum atomic E-state index is 11.8. The van der Waals surface area contributed by atoms with E-state index in [2.05, 4.69) is 4.72 Å². The van der Waals surface area contributed by atoms with E-state index < -0.39 is 10.0 Å². The molecule has 0 saturated carbocycles. The van der Waals surface area contributed by atoms with Gasteiger partial charge in [-0.15, -0.1) is 0 Å². The van der Waals surface area contributed by atoms with E-state index in [-0.39, 0.29) is 4.90 Å². The number of sulfonamides is 1. The van der Waals surface area contributed by atoms with Crippen LogP contribution in [0.3, 0.4) is 0 Å². The number of rotatable bonds is 6. The lowest BCUT2D eigenvalue weighted by atomic mass is 10.3. The van der Waals surface area contributed by atoms with Gasteiger partial charge in [-0.3, -0.25) is 0 Å². The fraction of sp³-hybridized carbons (Fsp3) is 0.600. The minimum absolute atomic E-state index is 0.220. The van der Waals surface area contributed by atoms with Crippen LogP contribution >= 0.6 is 0 Å². The molecule has 0 aliphatic carbocycles. The molecule has 3 N–H and O–H groups in total. The molecule has 0 atom stereocenters. The maximum Gasteiger partial charge on any atom is 0.244 e. The molecule has 5 nitrogen and oxygen atoms in total. The van der Waals surface area contributed by atoms with Crippen molar-refractivity contribution in [2.45, 2.75) is 31.6 Å². The Morgan fingerprint density at radius 1 is 1.38 bits per heavy atom. The Labute approximate surface area is 96.1 Å². The van der Waals surface area contributed by atoms with Crippen molar-refractivity contribution in [2.75, 3.05) is 13.1 Å². The lowest BCUT2D eigenvalue weighted by Crippen LogP contribution is -2.25. The molecule has 0 radical (unpaired) electrons. The third kappa shape index (κ3) is 3.33. The summed E-state index contributed by atoms with van der Waals surface area (Å²) in [6.45, 7) is 4.34. The summed E-state index contributed by atoms with van der Waals surface area (Å²) in [5.74, 6) is 1.02. The molecule has 0 aliphatic heterocycles. The van der Waals surface area contributed by atoms with Crippen LogP contribution in [0.1, 0.15) is 24.4 Å². The Kier molecular flexibility index (Phi) is 4.52. The molecule has 6 heteroatoms. The van der Waals surface area contributed by atoms with Crippen LogP contribution < -0.4 is 10.5 Å². The summed E-state index contributed by atoms with van der Waals surface area (Å²) in [4.78, 5) is 0.220. The second-order valence-electron chi connectivity index (χ2n) is 3.67. The van der Waals surface area contributed by atoms with Gasteiger partial charge in [-0.05, 0) is 39.3 Å². The van der Waals surface area contributed by atoms with Crippen LogP contribution in [0, 0.1) is 13.8 Å². The largest absolute Gasteiger partial charge is 0.465 e. The van der Waals surface area contributed by atoms with E-state index in [9.17, 15) is 8.42 Å². The highest BCUT2D eigenvalue weighted by molar-refractivity contribution is 7.89. The van der Waals surface area contributed by atoms with Gasteiger partial charge in [0.2, 0.25) is 10.0 Å². The predicted octanol–water partition coefficient (Wildman–Crippen LogP) is 0.914. The van der Waals surface area contributed by atoms with Crippen LogP contribution in [0.4, 0.5) is 0 Å². The topological polar surface area (TPSA) is 85.3 Å². The Bertz CT molecular complexity index is 437. The molecule has 0 aliphatic rings. The van der Waals surface area contributed by atoms with Gasteiger partial charge in [0.05, 0.1) is 0 Å². The summed E-state index contributed by atoms with van der Waals surface area (Å²) in [6, 6.07) is 1.53. The molecule has 1 rings (SSSR count). The average molecular weight is 246 g/mol. The van der Waals surface area contributed by atoms with E-state index in [1.54, 1.807) is 13.8 Å². The summed E-state index contributed by atoms with van der Waals surface area (Å²) < 4.78 is 31.4. The Hall–Kier alpha value is -0.850. The minimum atomic E-state index is -3.44. The van der Waals surface area contributed by atoms with Gasteiger partial charge in [0.1, 0.15) is 16.4 Å². The Morgan fingerprint density at radius 2 is 2.06 bits per heavy atom. The summed E-state index contributed by atoms with van der Waals surface area (Å²) in [5.41, 5.74) is 5.32. The van der Waals surface area contributed by atoms with Gasteiger partial charge in [-0.25, -0.2) is 13.1 Å². The van der Waals surface area contributed by atoms with Crippen molar-refractivity contribution in [1.82, 2.24) is 4.72 Å². The summed E-state index contributed by atoms with van der Waals surface area (Å²) in [5, 5.41) is 0. The lowest BCUT2D eigenvalue weighted by Gasteiger charge is -2.04. The molecule has 0 aromatic carbocycles. The fourth-order valence-corrected chi connectivity index (χ4v) is 2.74. The van der Waals surface area contributed by atoms with Gasteiger partial charge < -0.3 is 10.2 Å². The summed E-state index contributed by atoms with van der Waals surface area (Å²) in [6.07, 6.45) is 1.55. The number of hydrogen-bond acceptors (Lipinski definition) is 4. The molecule has 0 bridgehead atoms. The van der Waals surface area contributed by atoms with Crippen LogP contribution in [-0.2, 0) is 10.0 Å².